The van der Waals surface area contributed by atoms with Gasteiger partial charge < -0.3 is 5.32 Å². The van der Waals surface area contributed by atoms with Crippen molar-refractivity contribution in [2.45, 2.75) is 51.6 Å². The first-order chi connectivity index (χ1) is 6.59. The maximum atomic E-state index is 4.72. The van der Waals surface area contributed by atoms with Crippen LogP contribution in [0.1, 0.15) is 40.0 Å². The van der Waals surface area contributed by atoms with Crippen LogP contribution in [0, 0.1) is 5.92 Å². The van der Waals surface area contributed by atoms with E-state index in [0.29, 0.717) is 17.5 Å². The minimum Gasteiger partial charge on any atom is -0.360 e. The van der Waals surface area contributed by atoms with Gasteiger partial charge in [-0.25, -0.2) is 0 Å². The summed E-state index contributed by atoms with van der Waals surface area (Å²) in [4.78, 5) is 4.72. The van der Waals surface area contributed by atoms with E-state index < -0.39 is 0 Å². The Balaban J connectivity index is 1.90. The van der Waals surface area contributed by atoms with Gasteiger partial charge in [0, 0.05) is 11.3 Å². The topological polar surface area (TPSA) is 24.4 Å². The molecule has 0 unspecified atom stereocenters. The molecule has 0 aromatic carbocycles. The zero-order chi connectivity index (χ0) is 10.2. The molecule has 80 valence electrons. The van der Waals surface area contributed by atoms with Crippen molar-refractivity contribution in [3.05, 3.63) is 0 Å². The third kappa shape index (κ3) is 2.08. The Kier molecular flexibility index (Phi) is 2.78. The van der Waals surface area contributed by atoms with Gasteiger partial charge in [-0.15, -0.1) is 0 Å². The van der Waals surface area contributed by atoms with Gasteiger partial charge in [-0.2, -0.15) is 0 Å². The molecule has 0 bridgehead atoms. The number of thioether (sulfide) groups is 1. The van der Waals surface area contributed by atoms with Gasteiger partial charge in [-0.1, -0.05) is 25.6 Å². The van der Waals surface area contributed by atoms with Crippen LogP contribution in [0.4, 0.5) is 0 Å². The van der Waals surface area contributed by atoms with Crippen molar-refractivity contribution in [3.63, 3.8) is 0 Å². The van der Waals surface area contributed by atoms with Gasteiger partial charge in [0.05, 0.1) is 6.04 Å². The first-order valence-corrected chi connectivity index (χ1v) is 6.56. The van der Waals surface area contributed by atoms with Crippen molar-refractivity contribution in [2.24, 2.45) is 10.9 Å². The zero-order valence-corrected chi connectivity index (χ0v) is 10.2. The van der Waals surface area contributed by atoms with Crippen molar-refractivity contribution in [2.75, 3.05) is 5.75 Å². The van der Waals surface area contributed by atoms with E-state index in [1.807, 2.05) is 11.8 Å². The smallest absolute Gasteiger partial charge is 0.157 e. The second-order valence-corrected chi connectivity index (χ2v) is 6.10. The normalized spacial score (nSPS) is 30.0. The van der Waals surface area contributed by atoms with E-state index in [9.17, 15) is 0 Å². The summed E-state index contributed by atoms with van der Waals surface area (Å²) in [6.45, 7) is 6.81. The highest BCUT2D eigenvalue weighted by molar-refractivity contribution is 8.14. The Labute approximate surface area is 90.9 Å². The molecule has 2 aliphatic rings. The molecule has 14 heavy (non-hydrogen) atoms. The van der Waals surface area contributed by atoms with E-state index in [1.54, 1.807) is 0 Å². The van der Waals surface area contributed by atoms with Crippen LogP contribution in [0.25, 0.3) is 0 Å². The van der Waals surface area contributed by atoms with E-state index in [4.69, 9.17) is 4.99 Å². The van der Waals surface area contributed by atoms with Gasteiger partial charge in [0.15, 0.2) is 5.17 Å². The molecule has 1 saturated carbocycles. The van der Waals surface area contributed by atoms with Gasteiger partial charge in [0.25, 0.3) is 0 Å². The van der Waals surface area contributed by atoms with Gasteiger partial charge in [-0.3, -0.25) is 4.99 Å². The molecule has 2 rings (SSSR count). The molecule has 3 heteroatoms. The largest absolute Gasteiger partial charge is 0.360 e. The van der Waals surface area contributed by atoms with Crippen LogP contribution in [0.3, 0.4) is 0 Å². The summed E-state index contributed by atoms with van der Waals surface area (Å²) in [5.74, 6) is 1.84. The molecule has 1 aliphatic carbocycles. The Morgan fingerprint density at radius 1 is 1.50 bits per heavy atom. The van der Waals surface area contributed by atoms with Crippen molar-refractivity contribution < 1.29 is 0 Å². The maximum absolute atomic E-state index is 4.72. The zero-order valence-electron chi connectivity index (χ0n) is 9.34. The van der Waals surface area contributed by atoms with E-state index in [2.05, 4.69) is 26.1 Å². The van der Waals surface area contributed by atoms with Crippen LogP contribution in [0.15, 0.2) is 4.99 Å². The van der Waals surface area contributed by atoms with E-state index >= 15 is 0 Å². The molecule has 1 atom stereocenters. The SMILES string of the molecule is CC(C)[C@H]1CSC(NC2(C)CCC2)=N1. The lowest BCUT2D eigenvalue weighted by Crippen LogP contribution is -2.49. The average molecular weight is 212 g/mol. The van der Waals surface area contributed by atoms with Crippen molar-refractivity contribution in [1.82, 2.24) is 5.32 Å². The molecule has 1 heterocycles. The quantitative estimate of drug-likeness (QED) is 0.761. The molecule has 0 aromatic heterocycles. The first kappa shape index (κ1) is 10.3. The minimum atomic E-state index is 0.359. The first-order valence-electron chi connectivity index (χ1n) is 5.58. The van der Waals surface area contributed by atoms with E-state index in [0.717, 1.165) is 5.75 Å². The summed E-state index contributed by atoms with van der Waals surface area (Å²) < 4.78 is 0. The van der Waals surface area contributed by atoms with Crippen molar-refractivity contribution in [3.8, 4) is 0 Å². The fraction of sp³-hybridized carbons (Fsp3) is 0.909. The highest BCUT2D eigenvalue weighted by Crippen LogP contribution is 2.33. The summed E-state index contributed by atoms with van der Waals surface area (Å²) in [7, 11) is 0. The molecule has 0 aromatic rings. The van der Waals surface area contributed by atoms with E-state index in [1.165, 1.54) is 24.4 Å². The third-order valence-corrected chi connectivity index (χ3v) is 4.30. The molecular formula is C11H20N2S. The van der Waals surface area contributed by atoms with Crippen LogP contribution in [0.2, 0.25) is 0 Å². The molecular weight excluding hydrogens is 192 g/mol. The molecule has 0 spiro atoms. The van der Waals surface area contributed by atoms with Gasteiger partial charge in [0.2, 0.25) is 0 Å². The van der Waals surface area contributed by atoms with E-state index in [-0.39, 0.29) is 0 Å². The highest BCUT2D eigenvalue weighted by atomic mass is 32.2. The number of hydrogen-bond acceptors (Lipinski definition) is 3. The molecule has 1 aliphatic heterocycles. The minimum absolute atomic E-state index is 0.359. The molecule has 1 N–H and O–H groups in total. The molecule has 1 fully saturated rings. The summed E-state index contributed by atoms with van der Waals surface area (Å²) in [6.07, 6.45) is 3.98. The van der Waals surface area contributed by atoms with Crippen LogP contribution >= 0.6 is 11.8 Å². The van der Waals surface area contributed by atoms with Gasteiger partial charge >= 0.3 is 0 Å². The molecule has 2 nitrogen and oxygen atoms in total. The Morgan fingerprint density at radius 2 is 2.21 bits per heavy atom. The Morgan fingerprint density at radius 3 is 2.64 bits per heavy atom. The number of rotatable bonds is 2. The third-order valence-electron chi connectivity index (χ3n) is 3.31. The van der Waals surface area contributed by atoms with Crippen LogP contribution < -0.4 is 5.32 Å². The summed E-state index contributed by atoms with van der Waals surface area (Å²) in [5.41, 5.74) is 0.359. The standard InChI is InChI=1S/C11H20N2S/c1-8(2)9-7-14-10(12-9)13-11(3)5-4-6-11/h8-9H,4-7H2,1-3H3,(H,12,13)/t9-/m1/s1. The Hall–Kier alpha value is -0.180. The summed E-state index contributed by atoms with van der Waals surface area (Å²) in [6, 6.07) is 0.533. The fourth-order valence-corrected chi connectivity index (χ4v) is 3.21. The second kappa shape index (κ2) is 3.76. The number of nitrogens with one attached hydrogen (secondary N) is 1. The monoisotopic (exact) mass is 212 g/mol. The lowest BCUT2D eigenvalue weighted by molar-refractivity contribution is 0.245. The predicted molar refractivity (Wildman–Crippen MR) is 63.9 cm³/mol. The molecule has 0 amide bonds. The van der Waals surface area contributed by atoms with Crippen molar-refractivity contribution >= 4 is 16.9 Å². The van der Waals surface area contributed by atoms with Crippen LogP contribution in [-0.2, 0) is 0 Å². The van der Waals surface area contributed by atoms with Crippen LogP contribution in [0.5, 0.6) is 0 Å². The number of nitrogens with zero attached hydrogens (tertiary/aromatic N) is 1. The maximum Gasteiger partial charge on any atom is 0.157 e. The Bertz CT molecular complexity index is 244. The summed E-state index contributed by atoms with van der Waals surface area (Å²) >= 11 is 1.89. The lowest BCUT2D eigenvalue weighted by Gasteiger charge is -2.39. The van der Waals surface area contributed by atoms with Crippen molar-refractivity contribution in [1.29, 1.82) is 0 Å². The average Bonchev–Trinajstić information content (AvgIpc) is 2.50. The molecule has 0 radical (unpaired) electrons. The second-order valence-electron chi connectivity index (χ2n) is 5.10. The molecule has 0 saturated heterocycles. The van der Waals surface area contributed by atoms with Gasteiger partial charge in [0.1, 0.15) is 0 Å². The summed E-state index contributed by atoms with van der Waals surface area (Å²) in [5, 5.41) is 4.78. The van der Waals surface area contributed by atoms with Crippen LogP contribution in [-0.4, -0.2) is 22.5 Å². The number of amidine groups is 1. The highest BCUT2D eigenvalue weighted by Gasteiger charge is 2.34. The van der Waals surface area contributed by atoms with Gasteiger partial charge in [-0.05, 0) is 32.1 Å². The fourth-order valence-electron chi connectivity index (χ4n) is 1.89. The predicted octanol–water partition coefficient (Wildman–Crippen LogP) is 2.65. The number of aliphatic imine (C=N–C) groups is 1. The lowest BCUT2D eigenvalue weighted by atomic mass is 9.79. The number of hydrogen-bond donors (Lipinski definition) is 1.